The molecule has 0 atom stereocenters. The molecule has 4 heteroatoms. The van der Waals surface area contributed by atoms with Crippen LogP contribution in [0.2, 0.25) is 0 Å². The number of nitrogens with zero attached hydrogens (tertiary/aromatic N) is 2. The van der Waals surface area contributed by atoms with E-state index in [1.165, 1.54) is 6.21 Å². The van der Waals surface area contributed by atoms with Crippen molar-refractivity contribution in [2.45, 2.75) is 0 Å². The minimum Gasteiger partial charge on any atom is -0.287 e. The Kier molecular flexibility index (Phi) is 6.12. The van der Waals surface area contributed by atoms with E-state index in [9.17, 15) is 4.79 Å². The summed E-state index contributed by atoms with van der Waals surface area (Å²) in [7, 11) is -2.43. The van der Waals surface area contributed by atoms with Crippen LogP contribution in [-0.4, -0.2) is 12.0 Å². The molecule has 0 aliphatic carbocycles. The Morgan fingerprint density at radius 2 is 0.933 bits per heavy atom. The molecule has 0 spiro atoms. The Morgan fingerprint density at radius 1 is 0.567 bits per heavy atom. The van der Waals surface area contributed by atoms with Crippen LogP contribution in [0.4, 0.5) is 0 Å². The summed E-state index contributed by atoms with van der Waals surface area (Å²) in [6.07, 6.45) is 1.32. The zero-order valence-corrected chi connectivity index (χ0v) is 17.3. The van der Waals surface area contributed by atoms with E-state index in [-0.39, 0.29) is 5.78 Å². The monoisotopic (exact) mass is 408 g/mol. The second-order valence-electron chi connectivity index (χ2n) is 6.71. The van der Waals surface area contributed by atoms with Crippen LogP contribution >= 0.6 is 7.05 Å². The SMILES string of the molecule is O=C(C=NN=P(c1ccccc1)(c1ccccc1)c1ccccc1)c1ccccc1. The fourth-order valence-electron chi connectivity index (χ4n) is 3.37. The van der Waals surface area contributed by atoms with E-state index in [1.807, 2.05) is 72.8 Å². The molecule has 0 bridgehead atoms. The van der Waals surface area contributed by atoms with Crippen molar-refractivity contribution in [3.63, 3.8) is 0 Å². The largest absolute Gasteiger partial charge is 0.287 e. The summed E-state index contributed by atoms with van der Waals surface area (Å²) in [5.74, 6) is -0.161. The summed E-state index contributed by atoms with van der Waals surface area (Å²) in [4.78, 5) is 17.4. The molecule has 0 N–H and O–H groups in total. The van der Waals surface area contributed by atoms with E-state index in [1.54, 1.807) is 12.1 Å². The van der Waals surface area contributed by atoms with Crippen molar-refractivity contribution in [1.82, 2.24) is 0 Å². The number of rotatable bonds is 6. The van der Waals surface area contributed by atoms with Crippen LogP contribution in [0.15, 0.2) is 131 Å². The first kappa shape index (κ1) is 19.8. The predicted octanol–water partition coefficient (Wildman–Crippen LogP) is 5.03. The van der Waals surface area contributed by atoms with E-state index in [4.69, 9.17) is 4.85 Å². The van der Waals surface area contributed by atoms with Gasteiger partial charge in [0.2, 0.25) is 5.78 Å². The van der Waals surface area contributed by atoms with Gasteiger partial charge in [0.25, 0.3) is 0 Å². The van der Waals surface area contributed by atoms with Crippen LogP contribution in [0.1, 0.15) is 10.4 Å². The Hall–Kier alpha value is -3.55. The molecule has 0 aliphatic heterocycles. The highest BCUT2D eigenvalue weighted by atomic mass is 31.2. The van der Waals surface area contributed by atoms with Crippen molar-refractivity contribution in [3.8, 4) is 0 Å². The molecule has 146 valence electrons. The number of carbonyl (C=O) groups excluding carboxylic acids is 1. The van der Waals surface area contributed by atoms with E-state index in [0.717, 1.165) is 15.9 Å². The molecule has 0 radical (unpaired) electrons. The van der Waals surface area contributed by atoms with Crippen LogP contribution in [-0.2, 0) is 0 Å². The van der Waals surface area contributed by atoms with Gasteiger partial charge >= 0.3 is 0 Å². The normalized spacial score (nSPS) is 11.3. The van der Waals surface area contributed by atoms with Crippen LogP contribution in [0.3, 0.4) is 0 Å². The number of benzene rings is 4. The summed E-state index contributed by atoms with van der Waals surface area (Å²) >= 11 is 0. The number of hydrogen-bond donors (Lipinski definition) is 0. The van der Waals surface area contributed by atoms with Gasteiger partial charge in [0.1, 0.15) is 0 Å². The highest BCUT2D eigenvalue weighted by molar-refractivity contribution is 7.87. The molecule has 0 saturated heterocycles. The summed E-state index contributed by atoms with van der Waals surface area (Å²) in [5.41, 5.74) is 0.597. The highest BCUT2D eigenvalue weighted by Gasteiger charge is 2.27. The minimum absolute atomic E-state index is 0.161. The molecule has 4 aromatic carbocycles. The summed E-state index contributed by atoms with van der Waals surface area (Å²) < 4.78 is 0. The fourth-order valence-corrected chi connectivity index (χ4v) is 6.59. The summed E-state index contributed by atoms with van der Waals surface area (Å²) in [5, 5.41) is 7.62. The van der Waals surface area contributed by atoms with Crippen molar-refractivity contribution in [2.24, 2.45) is 9.96 Å². The quantitative estimate of drug-likeness (QED) is 0.191. The molecule has 0 unspecified atom stereocenters. The van der Waals surface area contributed by atoms with Crippen LogP contribution in [0, 0.1) is 0 Å². The zero-order valence-electron chi connectivity index (χ0n) is 16.4. The molecule has 4 aromatic rings. The second kappa shape index (κ2) is 9.30. The lowest BCUT2D eigenvalue weighted by molar-refractivity contribution is 0.107. The minimum atomic E-state index is -2.43. The lowest BCUT2D eigenvalue weighted by Crippen LogP contribution is -2.25. The van der Waals surface area contributed by atoms with Gasteiger partial charge in [-0.25, -0.2) is 0 Å². The molecule has 4 rings (SSSR count). The molecular formula is C26H21N2OP. The molecular weight excluding hydrogens is 387 g/mol. The average Bonchev–Trinajstić information content (AvgIpc) is 2.84. The third-order valence-electron chi connectivity index (χ3n) is 4.81. The molecule has 0 amide bonds. The van der Waals surface area contributed by atoms with Crippen LogP contribution in [0.25, 0.3) is 0 Å². The van der Waals surface area contributed by atoms with E-state index >= 15 is 0 Å². The van der Waals surface area contributed by atoms with E-state index in [0.29, 0.717) is 5.56 Å². The van der Waals surface area contributed by atoms with Crippen molar-refractivity contribution < 1.29 is 4.79 Å². The first-order valence-electron chi connectivity index (χ1n) is 9.71. The molecule has 0 fully saturated rings. The van der Waals surface area contributed by atoms with E-state index in [2.05, 4.69) is 41.5 Å². The first-order valence-corrected chi connectivity index (χ1v) is 11.5. The Morgan fingerprint density at radius 3 is 1.33 bits per heavy atom. The Balaban J connectivity index is 1.92. The van der Waals surface area contributed by atoms with Gasteiger partial charge in [0.15, 0.2) is 0 Å². The number of ketones is 1. The maximum atomic E-state index is 12.5. The first-order chi connectivity index (χ1) is 14.8. The topological polar surface area (TPSA) is 41.8 Å². The van der Waals surface area contributed by atoms with Gasteiger partial charge in [-0.1, -0.05) is 121 Å². The van der Waals surface area contributed by atoms with Gasteiger partial charge in [0, 0.05) is 21.5 Å². The average molecular weight is 408 g/mol. The van der Waals surface area contributed by atoms with Gasteiger partial charge in [0.05, 0.1) is 13.3 Å². The third kappa shape index (κ3) is 4.07. The summed E-state index contributed by atoms with van der Waals surface area (Å²) in [6, 6.07) is 39.8. The van der Waals surface area contributed by atoms with Crippen LogP contribution in [0.5, 0.6) is 0 Å². The fraction of sp³-hybridized carbons (Fsp3) is 0. The van der Waals surface area contributed by atoms with Crippen molar-refractivity contribution >= 4 is 35.0 Å². The van der Waals surface area contributed by atoms with Crippen molar-refractivity contribution in [1.29, 1.82) is 0 Å². The molecule has 0 aliphatic rings. The maximum absolute atomic E-state index is 12.5. The molecule has 0 heterocycles. The van der Waals surface area contributed by atoms with Crippen molar-refractivity contribution in [2.75, 3.05) is 0 Å². The standard InChI is InChI=1S/C26H21N2OP/c29-26(22-13-5-1-6-14-22)21-27-28-30(23-15-7-2-8-16-23,24-17-9-3-10-18-24)25-19-11-4-12-20-25/h1-21H. The van der Waals surface area contributed by atoms with Gasteiger partial charge in [-0.15, -0.1) is 0 Å². The lowest BCUT2D eigenvalue weighted by atomic mass is 10.1. The second-order valence-corrected chi connectivity index (χ2v) is 9.71. The number of hydrogen-bond acceptors (Lipinski definition) is 2. The molecule has 30 heavy (non-hydrogen) atoms. The maximum Gasteiger partial charge on any atom is 0.205 e. The molecule has 0 saturated carbocycles. The molecule has 0 aromatic heterocycles. The highest BCUT2D eigenvalue weighted by Crippen LogP contribution is 2.46. The van der Waals surface area contributed by atoms with Gasteiger partial charge in [-0.2, -0.15) is 9.96 Å². The van der Waals surface area contributed by atoms with Gasteiger partial charge < -0.3 is 0 Å². The van der Waals surface area contributed by atoms with E-state index < -0.39 is 7.05 Å². The smallest absolute Gasteiger partial charge is 0.205 e. The Bertz CT molecular complexity index is 1090. The lowest BCUT2D eigenvalue weighted by Gasteiger charge is -2.25. The number of Topliss-reactive ketones (excluding diaryl/α,β-unsaturated/α-hetero) is 1. The van der Waals surface area contributed by atoms with Crippen LogP contribution < -0.4 is 15.9 Å². The third-order valence-corrected chi connectivity index (χ3v) is 8.32. The Labute approximate surface area is 176 Å². The van der Waals surface area contributed by atoms with Gasteiger partial charge in [-0.05, 0) is 0 Å². The zero-order chi connectivity index (χ0) is 20.7. The molecule has 3 nitrogen and oxygen atoms in total. The van der Waals surface area contributed by atoms with Crippen molar-refractivity contribution in [3.05, 3.63) is 127 Å². The number of carbonyl (C=O) groups is 1. The van der Waals surface area contributed by atoms with Gasteiger partial charge in [-0.3, -0.25) is 4.79 Å². The summed E-state index contributed by atoms with van der Waals surface area (Å²) in [6.45, 7) is 0. The predicted molar refractivity (Wildman–Crippen MR) is 127 cm³/mol.